The second kappa shape index (κ2) is 7.57. The molecule has 2 N–H and O–H groups in total. The molecule has 12 atom stereocenters. The maximum absolute atomic E-state index is 11.7. The van der Waals surface area contributed by atoms with Crippen LogP contribution in [0.1, 0.15) is 100 Å². The molecule has 0 bridgehead atoms. The molecule has 5 rings (SSSR count). The van der Waals surface area contributed by atoms with Crippen molar-refractivity contribution in [1.29, 1.82) is 0 Å². The highest BCUT2D eigenvalue weighted by molar-refractivity contribution is 5.36. The number of hydrogen-bond donors (Lipinski definition) is 2. The average Bonchev–Trinajstić information content (AvgIpc) is 2.76. The maximum Gasteiger partial charge on any atom is 0.0794 e. The van der Waals surface area contributed by atoms with Crippen LogP contribution in [0.5, 0.6) is 0 Å². The van der Waals surface area contributed by atoms with Crippen molar-refractivity contribution in [2.75, 3.05) is 7.11 Å². The van der Waals surface area contributed by atoms with Crippen LogP contribution in [0, 0.1) is 56.7 Å². The fourth-order valence-corrected chi connectivity index (χ4v) is 11.0. The lowest BCUT2D eigenvalue weighted by Gasteiger charge is -2.73. The minimum absolute atomic E-state index is 0.0216. The zero-order valence-corrected chi connectivity index (χ0v) is 23.4. The van der Waals surface area contributed by atoms with Crippen molar-refractivity contribution in [3.8, 4) is 0 Å². The second-order valence-corrected chi connectivity index (χ2v) is 15.1. The van der Waals surface area contributed by atoms with Crippen molar-refractivity contribution < 1.29 is 14.9 Å². The van der Waals surface area contributed by atoms with Crippen LogP contribution in [0.2, 0.25) is 0 Å². The molecule has 4 fully saturated rings. The average molecular weight is 473 g/mol. The molecule has 5 aliphatic rings. The van der Waals surface area contributed by atoms with Gasteiger partial charge < -0.3 is 14.9 Å². The lowest BCUT2D eigenvalue weighted by atomic mass is 9.32. The predicted octanol–water partition coefficient (Wildman–Crippen LogP) is 6.62. The van der Waals surface area contributed by atoms with Gasteiger partial charge in [0.05, 0.1) is 18.3 Å². The highest BCUT2D eigenvalue weighted by atomic mass is 16.5. The molecule has 0 aromatic carbocycles. The summed E-state index contributed by atoms with van der Waals surface area (Å²) in [7, 11) is 1.89. The zero-order valence-electron chi connectivity index (χ0n) is 23.4. The third-order valence-corrected chi connectivity index (χ3v) is 13.7. The molecular weight excluding hydrogens is 420 g/mol. The fourth-order valence-electron chi connectivity index (χ4n) is 11.0. The number of rotatable bonds is 1. The van der Waals surface area contributed by atoms with E-state index in [1.165, 1.54) is 25.7 Å². The minimum Gasteiger partial charge on any atom is -0.392 e. The van der Waals surface area contributed by atoms with Crippen molar-refractivity contribution in [2.24, 2.45) is 56.7 Å². The SMILES string of the molecule is CO[C@@H]1C=C2[C@@H]3[C@@H](C)[C@H](C)CC[C@]3(C)CC[C@@]2(C)[C@]2(C)CCC3C(C)(C)[C@@H](O)C[C@@H](O)[C@]3(C)C12. The molecule has 4 saturated carbocycles. The third-order valence-electron chi connectivity index (χ3n) is 13.7. The summed E-state index contributed by atoms with van der Waals surface area (Å²) in [6.07, 6.45) is 9.63. The molecule has 3 heteroatoms. The molecule has 34 heavy (non-hydrogen) atoms. The van der Waals surface area contributed by atoms with Gasteiger partial charge in [0.1, 0.15) is 0 Å². The fraction of sp³-hybridized carbons (Fsp3) is 0.935. The lowest BCUT2D eigenvalue weighted by molar-refractivity contribution is -0.263. The molecule has 0 aromatic rings. The Morgan fingerprint density at radius 2 is 1.56 bits per heavy atom. The molecule has 0 aliphatic heterocycles. The van der Waals surface area contributed by atoms with Crippen LogP contribution in [0.4, 0.5) is 0 Å². The summed E-state index contributed by atoms with van der Waals surface area (Å²) in [4.78, 5) is 0. The standard InChI is InChI=1S/C31H52O3/c1-18-10-12-28(5)14-15-29(6)20(25(28)19(18)2)16-21(34-9)26-30(29,7)13-11-22-27(3,4)23(32)17-24(33)31(22,26)8/h16,18-19,21-26,32-33H,10-15,17H2,1-9H3/t18-,19+,21-,22?,23+,24-,25+,26?,28-,29-,30-,31-/m1/s1. The summed E-state index contributed by atoms with van der Waals surface area (Å²) in [6.45, 7) is 19.5. The first-order chi connectivity index (χ1) is 15.7. The number of ether oxygens (including phenoxy) is 1. The summed E-state index contributed by atoms with van der Waals surface area (Å²) in [5.41, 5.74) is 1.83. The van der Waals surface area contributed by atoms with Crippen molar-refractivity contribution in [3.63, 3.8) is 0 Å². The molecule has 0 aromatic heterocycles. The molecule has 0 heterocycles. The molecule has 194 valence electrons. The van der Waals surface area contributed by atoms with Gasteiger partial charge in [0, 0.05) is 24.9 Å². The highest BCUT2D eigenvalue weighted by Crippen LogP contribution is 2.75. The normalized spacial score (nSPS) is 58.6. The molecule has 3 nitrogen and oxygen atoms in total. The Kier molecular flexibility index (Phi) is 5.63. The van der Waals surface area contributed by atoms with Gasteiger partial charge in [-0.25, -0.2) is 0 Å². The summed E-state index contributed by atoms with van der Waals surface area (Å²) >= 11 is 0. The number of methoxy groups -OCH3 is 1. The van der Waals surface area contributed by atoms with Crippen LogP contribution in [0.25, 0.3) is 0 Å². The van der Waals surface area contributed by atoms with E-state index >= 15 is 0 Å². The van der Waals surface area contributed by atoms with Crippen LogP contribution >= 0.6 is 0 Å². The Bertz CT molecular complexity index is 863. The van der Waals surface area contributed by atoms with E-state index in [2.05, 4.69) is 61.5 Å². The monoisotopic (exact) mass is 472 g/mol. The van der Waals surface area contributed by atoms with E-state index in [1.54, 1.807) is 5.57 Å². The number of allylic oxidation sites excluding steroid dienone is 1. The van der Waals surface area contributed by atoms with Gasteiger partial charge in [-0.3, -0.25) is 0 Å². The largest absolute Gasteiger partial charge is 0.392 e. The van der Waals surface area contributed by atoms with Gasteiger partial charge in [0.25, 0.3) is 0 Å². The molecule has 0 spiro atoms. The van der Waals surface area contributed by atoms with Crippen LogP contribution in [0.15, 0.2) is 11.6 Å². The van der Waals surface area contributed by atoms with Crippen molar-refractivity contribution in [2.45, 2.75) is 119 Å². The van der Waals surface area contributed by atoms with Gasteiger partial charge in [-0.15, -0.1) is 0 Å². The van der Waals surface area contributed by atoms with Crippen molar-refractivity contribution in [1.82, 2.24) is 0 Å². The summed E-state index contributed by atoms with van der Waals surface area (Å²) in [5.74, 6) is 2.63. The zero-order chi connectivity index (χ0) is 25.1. The van der Waals surface area contributed by atoms with Gasteiger partial charge in [0.2, 0.25) is 0 Å². The Labute approximate surface area is 209 Å². The number of aliphatic hydroxyl groups is 2. The summed E-state index contributed by atoms with van der Waals surface area (Å²) < 4.78 is 6.40. The van der Waals surface area contributed by atoms with E-state index in [1.807, 2.05) is 7.11 Å². The van der Waals surface area contributed by atoms with E-state index in [9.17, 15) is 10.2 Å². The minimum atomic E-state index is -0.496. The van der Waals surface area contributed by atoms with Crippen molar-refractivity contribution in [3.05, 3.63) is 11.6 Å². The molecule has 0 radical (unpaired) electrons. The number of aliphatic hydroxyl groups excluding tert-OH is 2. The summed E-state index contributed by atoms with van der Waals surface area (Å²) in [5, 5.41) is 22.7. The number of hydrogen-bond acceptors (Lipinski definition) is 3. The third kappa shape index (κ3) is 2.87. The first kappa shape index (κ1) is 25.3. The van der Waals surface area contributed by atoms with E-state index in [-0.39, 0.29) is 39.6 Å². The summed E-state index contributed by atoms with van der Waals surface area (Å²) in [6, 6.07) is 0. The van der Waals surface area contributed by atoms with Crippen LogP contribution in [-0.2, 0) is 4.74 Å². The van der Waals surface area contributed by atoms with Gasteiger partial charge in [-0.05, 0) is 83.9 Å². The Balaban J connectivity index is 1.69. The molecule has 5 aliphatic carbocycles. The van der Waals surface area contributed by atoms with Crippen LogP contribution in [-0.4, -0.2) is 35.6 Å². The van der Waals surface area contributed by atoms with Crippen LogP contribution < -0.4 is 0 Å². The smallest absolute Gasteiger partial charge is 0.0794 e. The van der Waals surface area contributed by atoms with E-state index in [0.29, 0.717) is 23.7 Å². The van der Waals surface area contributed by atoms with E-state index in [4.69, 9.17) is 4.74 Å². The Morgan fingerprint density at radius 1 is 0.882 bits per heavy atom. The van der Waals surface area contributed by atoms with Gasteiger partial charge in [-0.2, -0.15) is 0 Å². The Hall–Kier alpha value is -0.380. The Morgan fingerprint density at radius 3 is 2.21 bits per heavy atom. The first-order valence-electron chi connectivity index (χ1n) is 14.3. The van der Waals surface area contributed by atoms with E-state index < -0.39 is 12.2 Å². The van der Waals surface area contributed by atoms with Crippen LogP contribution in [0.3, 0.4) is 0 Å². The van der Waals surface area contributed by atoms with Gasteiger partial charge >= 0.3 is 0 Å². The van der Waals surface area contributed by atoms with E-state index in [0.717, 1.165) is 18.8 Å². The molecule has 0 amide bonds. The number of fused-ring (bicyclic) bond motifs is 7. The van der Waals surface area contributed by atoms with Crippen molar-refractivity contribution >= 4 is 0 Å². The van der Waals surface area contributed by atoms with Gasteiger partial charge in [-0.1, -0.05) is 67.0 Å². The second-order valence-electron chi connectivity index (χ2n) is 15.1. The molecule has 0 saturated heterocycles. The highest BCUT2D eigenvalue weighted by Gasteiger charge is 2.71. The molecule has 2 unspecified atom stereocenters. The first-order valence-corrected chi connectivity index (χ1v) is 14.3. The molecular formula is C31H52O3. The maximum atomic E-state index is 11.7. The predicted molar refractivity (Wildman–Crippen MR) is 138 cm³/mol. The quantitative estimate of drug-likeness (QED) is 0.422. The topological polar surface area (TPSA) is 49.7 Å². The van der Waals surface area contributed by atoms with Gasteiger partial charge in [0.15, 0.2) is 0 Å². The lowest BCUT2D eigenvalue weighted by Crippen LogP contribution is -2.70.